The van der Waals surface area contributed by atoms with Crippen molar-refractivity contribution in [3.05, 3.63) is 69.6 Å². The predicted octanol–water partition coefficient (Wildman–Crippen LogP) is 6.78. The first-order valence-corrected chi connectivity index (χ1v) is 11.0. The highest BCUT2D eigenvalue weighted by Crippen LogP contribution is 2.41. The van der Waals surface area contributed by atoms with Gasteiger partial charge >= 0.3 is 0 Å². The fraction of sp³-hybridized carbons (Fsp3) is 0.0526. The second-order valence-corrected chi connectivity index (χ2v) is 8.98. The van der Waals surface area contributed by atoms with Gasteiger partial charge in [0.2, 0.25) is 0 Å². The molecule has 0 atom stereocenters. The van der Waals surface area contributed by atoms with Gasteiger partial charge in [0.25, 0.3) is 0 Å². The van der Waals surface area contributed by atoms with Crippen LogP contribution in [0, 0.1) is 0 Å². The second kappa shape index (κ2) is 9.08. The maximum Gasteiger partial charge on any atom is 0.164 e. The number of ether oxygens (including phenoxy) is 1. The van der Waals surface area contributed by atoms with Crippen molar-refractivity contribution in [2.45, 2.75) is 14.7 Å². The smallest absolute Gasteiger partial charge is 0.164 e. The molecule has 0 spiro atoms. The molecule has 0 bridgehead atoms. The van der Waals surface area contributed by atoms with Crippen LogP contribution < -0.4 is 10.5 Å². The highest BCUT2D eigenvalue weighted by atomic mass is 79.9. The molecule has 26 heavy (non-hydrogen) atoms. The molecule has 3 aromatic rings. The van der Waals surface area contributed by atoms with Crippen LogP contribution >= 0.6 is 55.4 Å². The molecule has 0 aliphatic rings. The van der Waals surface area contributed by atoms with E-state index in [4.69, 9.17) is 10.5 Å². The maximum atomic E-state index is 10.3. The molecule has 0 heterocycles. The fourth-order valence-corrected chi connectivity index (χ4v) is 4.88. The van der Waals surface area contributed by atoms with Crippen molar-refractivity contribution < 1.29 is 9.84 Å². The van der Waals surface area contributed by atoms with Crippen LogP contribution in [-0.4, -0.2) is 11.0 Å². The summed E-state index contributed by atoms with van der Waals surface area (Å²) in [5.74, 6) is 0.812. The molecular weight excluding hydrogens is 498 g/mol. The molecule has 0 unspecified atom stereocenters. The molecular formula is C19H15Br2NO2S2. The Balaban J connectivity index is 1.69. The van der Waals surface area contributed by atoms with Gasteiger partial charge in [-0.1, -0.05) is 47.8 Å². The van der Waals surface area contributed by atoms with E-state index >= 15 is 0 Å². The van der Waals surface area contributed by atoms with Gasteiger partial charge in [0, 0.05) is 35.4 Å². The van der Waals surface area contributed by atoms with Gasteiger partial charge in [-0.25, -0.2) is 0 Å². The van der Waals surface area contributed by atoms with Crippen LogP contribution in [0.1, 0.15) is 0 Å². The molecule has 3 N–H and O–H groups in total. The lowest BCUT2D eigenvalue weighted by molar-refractivity contribution is 0.358. The highest BCUT2D eigenvalue weighted by molar-refractivity contribution is 9.10. The Morgan fingerprint density at radius 1 is 0.885 bits per heavy atom. The monoisotopic (exact) mass is 511 g/mol. The summed E-state index contributed by atoms with van der Waals surface area (Å²) in [5, 5.41) is 10.3. The van der Waals surface area contributed by atoms with Crippen molar-refractivity contribution in [2.75, 3.05) is 11.7 Å². The molecule has 3 rings (SSSR count). The Morgan fingerprint density at radius 3 is 2.15 bits per heavy atom. The van der Waals surface area contributed by atoms with Crippen molar-refractivity contribution >= 4 is 61.1 Å². The van der Waals surface area contributed by atoms with E-state index in [0.29, 0.717) is 17.4 Å². The molecule has 3 aromatic carbocycles. The highest BCUT2D eigenvalue weighted by Gasteiger charge is 2.11. The van der Waals surface area contributed by atoms with E-state index in [1.807, 2.05) is 48.5 Å². The number of anilines is 1. The van der Waals surface area contributed by atoms with Crippen LogP contribution in [0.3, 0.4) is 0 Å². The lowest BCUT2D eigenvalue weighted by Crippen LogP contribution is -1.96. The summed E-state index contributed by atoms with van der Waals surface area (Å²) >= 11 is 10.0. The summed E-state index contributed by atoms with van der Waals surface area (Å²) in [6.07, 6.45) is 0. The number of nitrogens with two attached hydrogens (primary N) is 1. The SMILES string of the molecule is Nc1cc(OCSc2ccccc2Br)c(O)cc1Sc1ccccc1Br. The van der Waals surface area contributed by atoms with Gasteiger partial charge in [-0.05, 0) is 62.2 Å². The molecule has 0 saturated carbocycles. The van der Waals surface area contributed by atoms with E-state index in [0.717, 1.165) is 23.6 Å². The van der Waals surface area contributed by atoms with Gasteiger partial charge in [-0.15, -0.1) is 0 Å². The van der Waals surface area contributed by atoms with E-state index in [-0.39, 0.29) is 5.75 Å². The Kier molecular flexibility index (Phi) is 6.80. The third kappa shape index (κ3) is 4.91. The predicted molar refractivity (Wildman–Crippen MR) is 116 cm³/mol. The molecule has 0 aliphatic heterocycles. The standard InChI is InChI=1S/C19H15Br2NO2S2/c20-12-5-1-3-7-17(12)25-11-24-16-9-14(22)19(10-15(16)23)26-18-8-4-2-6-13(18)21/h1-10,23H,11,22H2. The summed E-state index contributed by atoms with van der Waals surface area (Å²) in [4.78, 5) is 2.87. The molecule has 7 heteroatoms. The zero-order valence-electron chi connectivity index (χ0n) is 13.5. The van der Waals surface area contributed by atoms with Gasteiger partial charge in [0.15, 0.2) is 11.5 Å². The first kappa shape index (κ1) is 19.5. The number of thioether (sulfide) groups is 1. The molecule has 0 amide bonds. The number of phenols is 1. The number of aromatic hydroxyl groups is 1. The summed E-state index contributed by atoms with van der Waals surface area (Å²) in [6, 6.07) is 19.1. The van der Waals surface area contributed by atoms with E-state index in [1.165, 1.54) is 23.5 Å². The Labute approximate surface area is 177 Å². The van der Waals surface area contributed by atoms with Crippen molar-refractivity contribution in [1.29, 1.82) is 0 Å². The molecule has 0 saturated heterocycles. The molecule has 0 aliphatic carbocycles. The third-order valence-electron chi connectivity index (χ3n) is 3.41. The van der Waals surface area contributed by atoms with Crippen molar-refractivity contribution in [3.63, 3.8) is 0 Å². The van der Waals surface area contributed by atoms with Gasteiger partial charge in [-0.3, -0.25) is 0 Å². The Morgan fingerprint density at radius 2 is 1.50 bits per heavy atom. The number of hydrogen-bond donors (Lipinski definition) is 2. The van der Waals surface area contributed by atoms with Gasteiger partial charge in [0.05, 0.1) is 0 Å². The second-order valence-electron chi connectivity index (χ2n) is 5.23. The summed E-state index contributed by atoms with van der Waals surface area (Å²) in [7, 11) is 0. The molecule has 134 valence electrons. The summed E-state index contributed by atoms with van der Waals surface area (Å²) in [6.45, 7) is 0. The lowest BCUT2D eigenvalue weighted by atomic mass is 10.3. The molecule has 0 fully saturated rings. The molecule has 0 radical (unpaired) electrons. The zero-order chi connectivity index (χ0) is 18.5. The van der Waals surface area contributed by atoms with E-state index < -0.39 is 0 Å². The first-order valence-electron chi connectivity index (χ1n) is 7.59. The van der Waals surface area contributed by atoms with Gasteiger partial charge in [-0.2, -0.15) is 0 Å². The largest absolute Gasteiger partial charge is 0.504 e. The van der Waals surface area contributed by atoms with E-state index in [1.54, 1.807) is 12.1 Å². The van der Waals surface area contributed by atoms with Gasteiger partial charge < -0.3 is 15.6 Å². The number of nitrogen functional groups attached to an aromatic ring is 1. The zero-order valence-corrected chi connectivity index (χ0v) is 18.3. The van der Waals surface area contributed by atoms with Crippen LogP contribution in [0.4, 0.5) is 5.69 Å². The fourth-order valence-electron chi connectivity index (χ4n) is 2.13. The number of hydrogen-bond acceptors (Lipinski definition) is 5. The van der Waals surface area contributed by atoms with Gasteiger partial charge in [0.1, 0.15) is 5.94 Å². The topological polar surface area (TPSA) is 55.5 Å². The summed E-state index contributed by atoms with van der Waals surface area (Å²) < 4.78 is 7.69. The minimum atomic E-state index is 0.0708. The third-order valence-corrected chi connectivity index (χ3v) is 7.37. The average Bonchev–Trinajstić information content (AvgIpc) is 2.62. The number of rotatable bonds is 6. The van der Waals surface area contributed by atoms with E-state index in [9.17, 15) is 5.11 Å². The maximum absolute atomic E-state index is 10.3. The van der Waals surface area contributed by atoms with E-state index in [2.05, 4.69) is 31.9 Å². The van der Waals surface area contributed by atoms with Crippen LogP contribution in [0.2, 0.25) is 0 Å². The van der Waals surface area contributed by atoms with Crippen LogP contribution in [0.15, 0.2) is 84.3 Å². The minimum absolute atomic E-state index is 0.0708. The van der Waals surface area contributed by atoms with Crippen molar-refractivity contribution in [2.24, 2.45) is 0 Å². The Hall–Kier alpha value is -1.28. The number of phenolic OH excluding ortho intramolecular Hbond substituents is 1. The number of halogens is 2. The number of benzene rings is 3. The van der Waals surface area contributed by atoms with Crippen LogP contribution in [0.25, 0.3) is 0 Å². The minimum Gasteiger partial charge on any atom is -0.504 e. The Bertz CT molecular complexity index is 922. The lowest BCUT2D eigenvalue weighted by Gasteiger charge is -2.12. The summed E-state index contributed by atoms with van der Waals surface area (Å²) in [5.41, 5.74) is 6.71. The van der Waals surface area contributed by atoms with Crippen LogP contribution in [-0.2, 0) is 0 Å². The quantitative estimate of drug-likeness (QED) is 0.165. The van der Waals surface area contributed by atoms with Crippen molar-refractivity contribution in [3.8, 4) is 11.5 Å². The average molecular weight is 513 g/mol. The first-order chi connectivity index (χ1) is 12.5. The normalized spacial score (nSPS) is 10.7. The molecule has 3 nitrogen and oxygen atoms in total. The van der Waals surface area contributed by atoms with Crippen LogP contribution in [0.5, 0.6) is 11.5 Å². The van der Waals surface area contributed by atoms with Crippen molar-refractivity contribution in [1.82, 2.24) is 0 Å². The molecule has 0 aromatic heterocycles.